The number of benzene rings is 1. The second kappa shape index (κ2) is 8.12. The summed E-state index contributed by atoms with van der Waals surface area (Å²) in [6, 6.07) is 12.6. The molecule has 0 fully saturated rings. The van der Waals surface area contributed by atoms with Crippen LogP contribution in [0.4, 0.5) is 10.7 Å². The molecule has 3 aromatic rings. The van der Waals surface area contributed by atoms with Gasteiger partial charge in [-0.15, -0.1) is 11.3 Å². The molecule has 0 aliphatic heterocycles. The van der Waals surface area contributed by atoms with Gasteiger partial charge in [-0.3, -0.25) is 10.1 Å². The molecule has 7 heteroatoms. The van der Waals surface area contributed by atoms with Crippen molar-refractivity contribution in [2.24, 2.45) is 16.3 Å². The van der Waals surface area contributed by atoms with Crippen molar-refractivity contribution in [2.45, 2.75) is 40.0 Å². The van der Waals surface area contributed by atoms with Crippen LogP contribution in [0, 0.1) is 32.8 Å². The third-order valence-corrected chi connectivity index (χ3v) is 7.16. The fraction of sp³-hybridized carbons (Fsp3) is 0.333. The Morgan fingerprint density at radius 2 is 2.13 bits per heavy atom. The van der Waals surface area contributed by atoms with Gasteiger partial charge in [-0.1, -0.05) is 26.8 Å². The number of nitro groups is 1. The third-order valence-electron chi connectivity index (χ3n) is 6.00. The van der Waals surface area contributed by atoms with Gasteiger partial charge in [-0.2, -0.15) is 5.26 Å². The van der Waals surface area contributed by atoms with E-state index >= 15 is 0 Å². The molecule has 0 amide bonds. The maximum atomic E-state index is 11.1. The van der Waals surface area contributed by atoms with Crippen molar-refractivity contribution in [3.05, 3.63) is 74.4 Å². The Hall–Kier alpha value is -3.24. The van der Waals surface area contributed by atoms with E-state index in [1.165, 1.54) is 17.0 Å². The highest BCUT2D eigenvalue weighted by molar-refractivity contribution is 7.16. The Balaban J connectivity index is 1.65. The first-order valence-corrected chi connectivity index (χ1v) is 11.1. The molecular weight excluding hydrogens is 408 g/mol. The summed E-state index contributed by atoms with van der Waals surface area (Å²) in [4.78, 5) is 16.7. The van der Waals surface area contributed by atoms with Crippen LogP contribution in [0.1, 0.15) is 48.9 Å². The van der Waals surface area contributed by atoms with Crippen LogP contribution in [0.2, 0.25) is 0 Å². The molecule has 0 radical (unpaired) electrons. The first-order chi connectivity index (χ1) is 14.8. The van der Waals surface area contributed by atoms with Crippen LogP contribution in [0.3, 0.4) is 0 Å². The lowest BCUT2D eigenvalue weighted by atomic mass is 9.72. The zero-order chi connectivity index (χ0) is 22.2. The van der Waals surface area contributed by atoms with E-state index in [0.29, 0.717) is 17.2 Å². The summed E-state index contributed by atoms with van der Waals surface area (Å²) in [6.45, 7) is 6.84. The SMILES string of the molecule is CC(C)(C)[C@H]1CCc2c(sc(N=Cc3cccn3-c3cccc([N+](=O)[O-])c3)c2C#N)C1. The molecule has 0 bridgehead atoms. The van der Waals surface area contributed by atoms with E-state index in [-0.39, 0.29) is 11.1 Å². The average Bonchev–Trinajstić information content (AvgIpc) is 3.34. The molecule has 0 saturated heterocycles. The molecule has 2 aromatic heterocycles. The number of aromatic nitrogens is 1. The van der Waals surface area contributed by atoms with Crippen LogP contribution < -0.4 is 0 Å². The quantitative estimate of drug-likeness (QED) is 0.279. The highest BCUT2D eigenvalue weighted by Crippen LogP contribution is 2.44. The van der Waals surface area contributed by atoms with Crippen LogP contribution >= 0.6 is 11.3 Å². The number of rotatable bonds is 4. The Morgan fingerprint density at radius 3 is 2.84 bits per heavy atom. The van der Waals surface area contributed by atoms with Gasteiger partial charge in [0.05, 0.1) is 28.1 Å². The third kappa shape index (κ3) is 4.17. The summed E-state index contributed by atoms with van der Waals surface area (Å²) in [5.74, 6) is 0.605. The van der Waals surface area contributed by atoms with Gasteiger partial charge in [0.25, 0.3) is 5.69 Å². The lowest BCUT2D eigenvalue weighted by Crippen LogP contribution is -2.26. The second-order valence-electron chi connectivity index (χ2n) is 8.94. The van der Waals surface area contributed by atoms with Crippen LogP contribution in [-0.2, 0) is 12.8 Å². The lowest BCUT2D eigenvalue weighted by Gasteiger charge is -2.33. The standard InChI is InChI=1S/C24H24N4O2S/c1-24(2,3)16-9-10-20-21(14-25)23(31-22(20)12-16)26-15-19-8-5-11-27(19)17-6-4-7-18(13-17)28(29)30/h4-8,11,13,15-16H,9-10,12H2,1-3H3/t16-/m0/s1. The van der Waals surface area contributed by atoms with Gasteiger partial charge in [-0.05, 0) is 54.4 Å². The predicted octanol–water partition coefficient (Wildman–Crippen LogP) is 6.22. The van der Waals surface area contributed by atoms with Crippen LogP contribution in [0.5, 0.6) is 0 Å². The van der Waals surface area contributed by atoms with Crippen molar-refractivity contribution < 1.29 is 4.92 Å². The van der Waals surface area contributed by atoms with E-state index in [1.807, 2.05) is 29.0 Å². The molecule has 0 saturated carbocycles. The normalized spacial score (nSPS) is 16.3. The molecule has 158 valence electrons. The fourth-order valence-electron chi connectivity index (χ4n) is 4.13. The summed E-state index contributed by atoms with van der Waals surface area (Å²) >= 11 is 1.62. The fourth-order valence-corrected chi connectivity index (χ4v) is 5.35. The first kappa shape index (κ1) is 21.0. The van der Waals surface area contributed by atoms with Gasteiger partial charge in [0, 0.05) is 23.2 Å². The number of aliphatic imine (C=N–C) groups is 1. The van der Waals surface area contributed by atoms with Crippen molar-refractivity contribution in [1.82, 2.24) is 4.57 Å². The summed E-state index contributed by atoms with van der Waals surface area (Å²) in [5, 5.41) is 21.6. The Labute approximate surface area is 185 Å². The lowest BCUT2D eigenvalue weighted by molar-refractivity contribution is -0.384. The largest absolute Gasteiger partial charge is 0.315 e. The van der Waals surface area contributed by atoms with Gasteiger partial charge < -0.3 is 4.57 Å². The van der Waals surface area contributed by atoms with Crippen molar-refractivity contribution in [1.29, 1.82) is 5.26 Å². The van der Waals surface area contributed by atoms with Crippen molar-refractivity contribution >= 4 is 28.2 Å². The molecule has 1 aliphatic carbocycles. The number of nitrogens with zero attached hydrogens (tertiary/aromatic N) is 4. The van der Waals surface area contributed by atoms with Crippen LogP contribution in [0.15, 0.2) is 47.6 Å². The van der Waals surface area contributed by atoms with E-state index in [4.69, 9.17) is 0 Å². The zero-order valence-corrected chi connectivity index (χ0v) is 18.6. The van der Waals surface area contributed by atoms with Crippen LogP contribution in [0.25, 0.3) is 5.69 Å². The maximum absolute atomic E-state index is 11.1. The minimum absolute atomic E-state index is 0.0418. The minimum Gasteiger partial charge on any atom is -0.315 e. The molecular formula is C24H24N4O2S. The molecule has 0 unspecified atom stereocenters. The van der Waals surface area contributed by atoms with E-state index < -0.39 is 4.92 Å². The summed E-state index contributed by atoms with van der Waals surface area (Å²) in [6.07, 6.45) is 6.60. The molecule has 1 aromatic carbocycles. The topological polar surface area (TPSA) is 84.2 Å². The smallest absolute Gasteiger partial charge is 0.271 e. The number of hydrogen-bond donors (Lipinski definition) is 0. The Kier molecular flexibility index (Phi) is 5.50. The predicted molar refractivity (Wildman–Crippen MR) is 124 cm³/mol. The van der Waals surface area contributed by atoms with Crippen LogP contribution in [-0.4, -0.2) is 15.7 Å². The van der Waals surface area contributed by atoms with Crippen molar-refractivity contribution in [2.75, 3.05) is 0 Å². The van der Waals surface area contributed by atoms with E-state index in [9.17, 15) is 15.4 Å². The Bertz CT molecular complexity index is 1210. The number of non-ortho nitro benzene ring substituents is 1. The molecule has 1 atom stereocenters. The minimum atomic E-state index is -0.402. The number of nitro benzene ring substituents is 1. The van der Waals surface area contributed by atoms with Gasteiger partial charge in [0.2, 0.25) is 0 Å². The van der Waals surface area contributed by atoms with Gasteiger partial charge >= 0.3 is 0 Å². The maximum Gasteiger partial charge on any atom is 0.271 e. The highest BCUT2D eigenvalue weighted by Gasteiger charge is 2.32. The van der Waals surface area contributed by atoms with Gasteiger partial charge in [-0.25, -0.2) is 4.99 Å². The molecule has 2 heterocycles. The number of thiophene rings is 1. The van der Waals surface area contributed by atoms with Gasteiger partial charge in [0.15, 0.2) is 0 Å². The molecule has 31 heavy (non-hydrogen) atoms. The summed E-state index contributed by atoms with van der Waals surface area (Å²) in [5.41, 5.74) is 3.63. The molecule has 4 rings (SSSR count). The van der Waals surface area contributed by atoms with Crippen molar-refractivity contribution in [3.8, 4) is 11.8 Å². The van der Waals surface area contributed by atoms with E-state index in [1.54, 1.807) is 23.6 Å². The average molecular weight is 433 g/mol. The number of fused-ring (bicyclic) bond motifs is 1. The first-order valence-electron chi connectivity index (χ1n) is 10.3. The zero-order valence-electron chi connectivity index (χ0n) is 17.8. The Morgan fingerprint density at radius 1 is 1.32 bits per heavy atom. The highest BCUT2D eigenvalue weighted by atomic mass is 32.1. The van der Waals surface area contributed by atoms with Gasteiger partial charge in [0.1, 0.15) is 11.1 Å². The summed E-state index contributed by atoms with van der Waals surface area (Å²) < 4.78 is 1.85. The molecule has 6 nitrogen and oxygen atoms in total. The van der Waals surface area contributed by atoms with E-state index in [2.05, 4.69) is 31.8 Å². The second-order valence-corrected chi connectivity index (χ2v) is 10.0. The monoisotopic (exact) mass is 432 g/mol. The van der Waals surface area contributed by atoms with Crippen molar-refractivity contribution in [3.63, 3.8) is 0 Å². The van der Waals surface area contributed by atoms with E-state index in [0.717, 1.165) is 35.5 Å². The number of hydrogen-bond acceptors (Lipinski definition) is 5. The molecule has 1 aliphatic rings. The summed E-state index contributed by atoms with van der Waals surface area (Å²) in [7, 11) is 0. The molecule has 0 N–H and O–H groups in total. The number of nitriles is 1. The molecule has 0 spiro atoms.